The van der Waals surface area contributed by atoms with E-state index in [1.807, 2.05) is 32.0 Å². The van der Waals surface area contributed by atoms with Crippen molar-refractivity contribution in [2.45, 2.75) is 26.3 Å². The topological polar surface area (TPSA) is 93.8 Å². The highest BCUT2D eigenvalue weighted by Gasteiger charge is 2.27. The molecule has 1 aliphatic rings. The second-order valence-electron chi connectivity index (χ2n) is 4.73. The first-order valence-electron chi connectivity index (χ1n) is 6.35. The van der Waals surface area contributed by atoms with Crippen molar-refractivity contribution in [2.24, 2.45) is 10.7 Å². The predicted molar refractivity (Wildman–Crippen MR) is 74.6 cm³/mol. The highest BCUT2D eigenvalue weighted by Crippen LogP contribution is 2.18. The summed E-state index contributed by atoms with van der Waals surface area (Å²) in [6.45, 7) is 4.30. The number of benzene rings is 1. The molecule has 1 aromatic rings. The van der Waals surface area contributed by atoms with Crippen LogP contribution in [-0.2, 0) is 9.59 Å². The number of aryl methyl sites for hydroxylation is 2. The summed E-state index contributed by atoms with van der Waals surface area (Å²) in [4.78, 5) is 26.4. The van der Waals surface area contributed by atoms with Crippen LogP contribution in [0.3, 0.4) is 0 Å². The Morgan fingerprint density at radius 2 is 2.10 bits per heavy atom. The Hall–Kier alpha value is -2.21. The number of amides is 2. The van der Waals surface area contributed by atoms with E-state index in [-0.39, 0.29) is 0 Å². The maximum atomic E-state index is 11.4. The summed E-state index contributed by atoms with van der Waals surface area (Å²) in [6, 6.07) is 4.69. The third-order valence-corrected chi connectivity index (χ3v) is 2.99. The van der Waals surface area contributed by atoms with Gasteiger partial charge in [0.15, 0.2) is 6.04 Å². The van der Waals surface area contributed by atoms with Crippen molar-refractivity contribution in [3.63, 3.8) is 0 Å². The molecule has 0 aromatic heterocycles. The van der Waals surface area contributed by atoms with Crippen molar-refractivity contribution < 1.29 is 14.3 Å². The first kappa shape index (κ1) is 14.2. The Bertz CT molecular complexity index is 581. The highest BCUT2D eigenvalue weighted by atomic mass is 16.5. The monoisotopic (exact) mass is 275 g/mol. The molecular formula is C14H17N3O3. The summed E-state index contributed by atoms with van der Waals surface area (Å²) in [5.74, 6) is -0.0605. The van der Waals surface area contributed by atoms with Gasteiger partial charge in [-0.3, -0.25) is 9.59 Å². The largest absolute Gasteiger partial charge is 0.493 e. The van der Waals surface area contributed by atoms with Crippen LogP contribution in [0.5, 0.6) is 5.75 Å². The Labute approximate surface area is 117 Å². The van der Waals surface area contributed by atoms with Gasteiger partial charge < -0.3 is 15.8 Å². The molecule has 0 saturated heterocycles. The molecule has 2 rings (SSSR count). The molecule has 1 aromatic carbocycles. The van der Waals surface area contributed by atoms with E-state index in [1.165, 1.54) is 5.56 Å². The molecule has 1 unspecified atom stereocenters. The van der Waals surface area contributed by atoms with Crippen LogP contribution < -0.4 is 15.8 Å². The maximum absolute atomic E-state index is 11.4. The van der Waals surface area contributed by atoms with Gasteiger partial charge in [0.05, 0.1) is 6.61 Å². The first-order chi connectivity index (χ1) is 9.47. The van der Waals surface area contributed by atoms with Gasteiger partial charge in [0, 0.05) is 6.42 Å². The second kappa shape index (κ2) is 5.83. The van der Waals surface area contributed by atoms with Gasteiger partial charge in [-0.2, -0.15) is 4.99 Å². The smallest absolute Gasteiger partial charge is 0.273 e. The number of nitrogens with two attached hydrogens (primary N) is 1. The van der Waals surface area contributed by atoms with Crippen LogP contribution in [0.4, 0.5) is 0 Å². The fourth-order valence-electron chi connectivity index (χ4n) is 1.90. The number of carbonyl (C=O) groups is 2. The average molecular weight is 275 g/mol. The van der Waals surface area contributed by atoms with Gasteiger partial charge in [-0.05, 0) is 25.5 Å². The number of hydrogen-bond donors (Lipinski definition) is 2. The lowest BCUT2D eigenvalue weighted by Crippen LogP contribution is -2.52. The number of nitrogens with zero attached hydrogens (tertiary/aromatic N) is 1. The summed E-state index contributed by atoms with van der Waals surface area (Å²) in [5, 5.41) is 2.49. The minimum Gasteiger partial charge on any atom is -0.493 e. The molecule has 0 spiro atoms. The number of nitrogens with one attached hydrogen (secondary N) is 1. The molecule has 3 N–H and O–H groups in total. The van der Waals surface area contributed by atoms with Crippen molar-refractivity contribution in [1.82, 2.24) is 5.32 Å². The Kier molecular flexibility index (Phi) is 4.14. The average Bonchev–Trinajstić information content (AvgIpc) is 2.38. The van der Waals surface area contributed by atoms with E-state index in [2.05, 4.69) is 10.3 Å². The number of carbonyl (C=O) groups excluding carboxylic acids is 2. The second-order valence-corrected chi connectivity index (χ2v) is 4.73. The molecule has 0 aliphatic carbocycles. The Morgan fingerprint density at radius 1 is 1.35 bits per heavy atom. The molecule has 106 valence electrons. The van der Waals surface area contributed by atoms with E-state index in [0.29, 0.717) is 18.9 Å². The number of ether oxygens (including phenoxy) is 1. The number of hydrogen-bond acceptors (Lipinski definition) is 4. The van der Waals surface area contributed by atoms with Gasteiger partial charge in [0.1, 0.15) is 11.6 Å². The zero-order valence-corrected chi connectivity index (χ0v) is 11.5. The van der Waals surface area contributed by atoms with Crippen molar-refractivity contribution in [3.8, 4) is 5.75 Å². The molecule has 2 amide bonds. The van der Waals surface area contributed by atoms with E-state index < -0.39 is 17.9 Å². The van der Waals surface area contributed by atoms with Crippen LogP contribution in [0.1, 0.15) is 17.5 Å². The lowest BCUT2D eigenvalue weighted by Gasteiger charge is -2.17. The third-order valence-electron chi connectivity index (χ3n) is 2.99. The molecular weight excluding hydrogens is 258 g/mol. The van der Waals surface area contributed by atoms with E-state index in [4.69, 9.17) is 10.5 Å². The van der Waals surface area contributed by atoms with Crippen LogP contribution in [0, 0.1) is 13.8 Å². The molecule has 1 aliphatic heterocycles. The van der Waals surface area contributed by atoms with Crippen LogP contribution in [0.25, 0.3) is 0 Å². The SMILES string of the molecule is Cc1ccc(OCCC2=NC(=O)C(N)C(=O)N2)c(C)c1. The van der Waals surface area contributed by atoms with E-state index in [0.717, 1.165) is 11.3 Å². The highest BCUT2D eigenvalue weighted by molar-refractivity contribution is 6.18. The predicted octanol–water partition coefficient (Wildman–Crippen LogP) is 0.455. The fourth-order valence-corrected chi connectivity index (χ4v) is 1.90. The lowest BCUT2D eigenvalue weighted by atomic mass is 10.1. The minimum absolute atomic E-state index is 0.298. The van der Waals surface area contributed by atoms with E-state index >= 15 is 0 Å². The zero-order chi connectivity index (χ0) is 14.7. The van der Waals surface area contributed by atoms with Gasteiger partial charge in [-0.25, -0.2) is 0 Å². The summed E-state index contributed by atoms with van der Waals surface area (Å²) >= 11 is 0. The molecule has 6 heteroatoms. The zero-order valence-electron chi connectivity index (χ0n) is 11.5. The molecule has 0 saturated carbocycles. The quantitative estimate of drug-likeness (QED) is 0.780. The van der Waals surface area contributed by atoms with Gasteiger partial charge in [0.2, 0.25) is 0 Å². The van der Waals surface area contributed by atoms with Crippen molar-refractivity contribution in [1.29, 1.82) is 0 Å². The summed E-state index contributed by atoms with van der Waals surface area (Å²) in [5.41, 5.74) is 7.54. The van der Waals surface area contributed by atoms with E-state index in [9.17, 15) is 9.59 Å². The fraction of sp³-hybridized carbons (Fsp3) is 0.357. The molecule has 1 heterocycles. The van der Waals surface area contributed by atoms with Gasteiger partial charge in [-0.15, -0.1) is 0 Å². The van der Waals surface area contributed by atoms with Crippen LogP contribution in [-0.4, -0.2) is 30.3 Å². The van der Waals surface area contributed by atoms with Crippen molar-refractivity contribution in [3.05, 3.63) is 29.3 Å². The van der Waals surface area contributed by atoms with Crippen LogP contribution in [0.15, 0.2) is 23.2 Å². The van der Waals surface area contributed by atoms with Crippen molar-refractivity contribution in [2.75, 3.05) is 6.61 Å². The summed E-state index contributed by atoms with van der Waals surface area (Å²) in [7, 11) is 0. The van der Waals surface area contributed by atoms with Crippen LogP contribution >= 0.6 is 0 Å². The lowest BCUT2D eigenvalue weighted by molar-refractivity contribution is -0.129. The summed E-state index contributed by atoms with van der Waals surface area (Å²) < 4.78 is 5.62. The Balaban J connectivity index is 1.92. The van der Waals surface area contributed by atoms with E-state index in [1.54, 1.807) is 0 Å². The molecule has 0 radical (unpaired) electrons. The molecule has 0 bridgehead atoms. The third kappa shape index (κ3) is 3.21. The number of aliphatic imine (C=N–C) groups is 1. The standard InChI is InChI=1S/C14H17N3O3/c1-8-3-4-10(9(2)7-8)20-6-5-11-16-13(18)12(15)14(19)17-11/h3-4,7,12H,5-6,15H2,1-2H3,(H,16,17,18,19). The minimum atomic E-state index is -1.20. The molecule has 20 heavy (non-hydrogen) atoms. The maximum Gasteiger partial charge on any atom is 0.273 e. The number of amidine groups is 1. The van der Waals surface area contributed by atoms with Gasteiger partial charge >= 0.3 is 0 Å². The van der Waals surface area contributed by atoms with Crippen molar-refractivity contribution >= 4 is 17.6 Å². The molecule has 6 nitrogen and oxygen atoms in total. The number of rotatable bonds is 4. The van der Waals surface area contributed by atoms with Crippen LogP contribution in [0.2, 0.25) is 0 Å². The molecule has 1 atom stereocenters. The first-order valence-corrected chi connectivity index (χ1v) is 6.35. The van der Waals surface area contributed by atoms with Gasteiger partial charge in [0.25, 0.3) is 11.8 Å². The van der Waals surface area contributed by atoms with Gasteiger partial charge in [-0.1, -0.05) is 17.7 Å². The summed E-state index contributed by atoms with van der Waals surface area (Å²) in [6.07, 6.45) is 0.345. The molecule has 0 fully saturated rings. The Morgan fingerprint density at radius 3 is 2.75 bits per heavy atom. The normalized spacial score (nSPS) is 18.6.